The molecule has 0 aliphatic heterocycles. The van der Waals surface area contributed by atoms with Gasteiger partial charge in [0.05, 0.1) is 6.61 Å². The zero-order valence-corrected chi connectivity index (χ0v) is 12.8. The Kier molecular flexibility index (Phi) is 6.54. The van der Waals surface area contributed by atoms with E-state index in [1.165, 1.54) is 0 Å². The van der Waals surface area contributed by atoms with Crippen LogP contribution in [0.4, 0.5) is 0 Å². The first-order chi connectivity index (χ1) is 5.36. The Balaban J connectivity index is 0.00000121. The van der Waals surface area contributed by atoms with Crippen molar-refractivity contribution in [1.82, 2.24) is 0 Å². The summed E-state index contributed by atoms with van der Waals surface area (Å²) in [6, 6.07) is 8.90. The second kappa shape index (κ2) is 6.53. The fourth-order valence-electron chi connectivity index (χ4n) is 0.935. The molecule has 0 bridgehead atoms. The molecular formula is C9H15BiNO. The molecule has 1 aromatic rings. The summed E-state index contributed by atoms with van der Waals surface area (Å²) in [5.74, 6) is 0. The molecule has 0 aliphatic carbocycles. The van der Waals surface area contributed by atoms with Crippen LogP contribution in [0.1, 0.15) is 11.1 Å². The van der Waals surface area contributed by atoms with Gasteiger partial charge in [0.15, 0.2) is 0 Å². The zero-order valence-electron chi connectivity index (χ0n) is 7.34. The Morgan fingerprint density at radius 1 is 1.58 bits per heavy atom. The van der Waals surface area contributed by atoms with Crippen LogP contribution in [0.2, 0.25) is 0 Å². The van der Waals surface area contributed by atoms with Gasteiger partial charge in [0.25, 0.3) is 0 Å². The van der Waals surface area contributed by atoms with Crippen LogP contribution in [0.3, 0.4) is 0 Å². The fourth-order valence-corrected chi connectivity index (χ4v) is 0.935. The summed E-state index contributed by atoms with van der Waals surface area (Å²) in [7, 11) is 1.67. The van der Waals surface area contributed by atoms with Crippen molar-refractivity contribution in [3.63, 3.8) is 0 Å². The molecule has 0 aliphatic rings. The molecule has 2 N–H and O–H groups in total. The molecule has 2 nitrogen and oxygen atoms in total. The van der Waals surface area contributed by atoms with E-state index in [2.05, 4.69) is 6.07 Å². The van der Waals surface area contributed by atoms with Crippen LogP contribution in [0.25, 0.3) is 0 Å². The third-order valence-corrected chi connectivity index (χ3v) is 1.46. The number of rotatable bonds is 3. The Bertz CT molecular complexity index is 228. The molecule has 0 heterocycles. The van der Waals surface area contributed by atoms with Crippen molar-refractivity contribution in [2.75, 3.05) is 7.11 Å². The molecule has 12 heavy (non-hydrogen) atoms. The average molecular weight is 362 g/mol. The molecule has 0 amide bonds. The summed E-state index contributed by atoms with van der Waals surface area (Å²) in [6.45, 7) is 1.18. The third kappa shape index (κ3) is 3.62. The molecule has 1 aromatic carbocycles. The normalized spacial score (nSPS) is 9.17. The van der Waals surface area contributed by atoms with E-state index in [9.17, 15) is 0 Å². The molecule has 1 radical (unpaired) electrons. The van der Waals surface area contributed by atoms with E-state index in [1.807, 2.05) is 18.2 Å². The third-order valence-electron chi connectivity index (χ3n) is 1.46. The van der Waals surface area contributed by atoms with Crippen molar-refractivity contribution >= 4 is 26.2 Å². The summed E-state index contributed by atoms with van der Waals surface area (Å²) in [6.07, 6.45) is 0. The first-order valence-corrected chi connectivity index (χ1v) is 3.55. The molecule has 0 aromatic heterocycles. The summed E-state index contributed by atoms with van der Waals surface area (Å²) < 4.78 is 4.96. The molecule has 0 atom stereocenters. The van der Waals surface area contributed by atoms with E-state index < -0.39 is 0 Å². The van der Waals surface area contributed by atoms with Gasteiger partial charge in [-0.1, -0.05) is 18.2 Å². The van der Waals surface area contributed by atoms with Crippen LogP contribution in [0, 0.1) is 6.07 Å². The fraction of sp³-hybridized carbons (Fsp3) is 0.333. The summed E-state index contributed by atoms with van der Waals surface area (Å²) >= 11 is 0. The van der Waals surface area contributed by atoms with E-state index in [4.69, 9.17) is 10.5 Å². The Hall–Kier alpha value is 0.0231. The van der Waals surface area contributed by atoms with Crippen molar-refractivity contribution in [2.45, 2.75) is 13.2 Å². The van der Waals surface area contributed by atoms with Gasteiger partial charge in [-0.3, -0.25) is 0 Å². The van der Waals surface area contributed by atoms with Crippen molar-refractivity contribution in [2.24, 2.45) is 5.73 Å². The van der Waals surface area contributed by atoms with Gasteiger partial charge in [0.1, 0.15) is 0 Å². The number of hydrogen-bond donors (Lipinski definition) is 1. The van der Waals surface area contributed by atoms with Gasteiger partial charge in [-0.25, -0.2) is 0 Å². The first kappa shape index (κ1) is 12.0. The van der Waals surface area contributed by atoms with Crippen LogP contribution in [-0.4, -0.2) is 33.3 Å². The second-order valence-corrected chi connectivity index (χ2v) is 2.36. The van der Waals surface area contributed by atoms with E-state index in [0.29, 0.717) is 13.2 Å². The van der Waals surface area contributed by atoms with Gasteiger partial charge in [-0.05, 0) is 17.2 Å². The molecule has 0 saturated heterocycles. The predicted octanol–water partition coefficient (Wildman–Crippen LogP) is -0.0920. The Morgan fingerprint density at radius 3 is 2.92 bits per heavy atom. The van der Waals surface area contributed by atoms with E-state index >= 15 is 0 Å². The Labute approximate surface area is 92.2 Å². The number of ether oxygens (including phenoxy) is 1. The summed E-state index contributed by atoms with van der Waals surface area (Å²) in [5.41, 5.74) is 7.63. The van der Waals surface area contributed by atoms with Crippen LogP contribution < -0.4 is 5.73 Å². The topological polar surface area (TPSA) is 35.2 Å². The molecule has 0 spiro atoms. The number of methoxy groups -OCH3 is 1. The van der Waals surface area contributed by atoms with Crippen LogP contribution >= 0.6 is 0 Å². The molecule has 67 valence electrons. The molecule has 0 unspecified atom stereocenters. The zero-order chi connectivity index (χ0) is 8.10. The van der Waals surface area contributed by atoms with Gasteiger partial charge in [-0.15, -0.1) is 0 Å². The van der Waals surface area contributed by atoms with Gasteiger partial charge < -0.3 is 10.5 Å². The van der Waals surface area contributed by atoms with Crippen molar-refractivity contribution in [1.29, 1.82) is 0 Å². The minimum atomic E-state index is 0. The summed E-state index contributed by atoms with van der Waals surface area (Å²) in [5, 5.41) is 0. The maximum absolute atomic E-state index is 5.46. The van der Waals surface area contributed by atoms with E-state index in [0.717, 1.165) is 11.1 Å². The predicted molar refractivity (Wildman–Crippen MR) is 53.8 cm³/mol. The van der Waals surface area contributed by atoms with Crippen molar-refractivity contribution < 1.29 is 4.74 Å². The van der Waals surface area contributed by atoms with Gasteiger partial charge in [0.2, 0.25) is 0 Å². The second-order valence-electron chi connectivity index (χ2n) is 2.36. The SMILES string of the molecule is COCc1[c]ccc(CN)c1.[BiH3]. The average Bonchev–Trinajstić information content (AvgIpc) is 2.06. The quantitative estimate of drug-likeness (QED) is 0.763. The van der Waals surface area contributed by atoms with Crippen LogP contribution in [0.5, 0.6) is 0 Å². The first-order valence-electron chi connectivity index (χ1n) is 3.55. The van der Waals surface area contributed by atoms with Gasteiger partial charge in [0, 0.05) is 13.7 Å². The molecule has 0 fully saturated rings. The molecule has 0 saturated carbocycles. The molecule has 3 heteroatoms. The van der Waals surface area contributed by atoms with Crippen LogP contribution in [0.15, 0.2) is 18.2 Å². The molecule has 1 rings (SSSR count). The van der Waals surface area contributed by atoms with Gasteiger partial charge in [-0.2, -0.15) is 0 Å². The van der Waals surface area contributed by atoms with E-state index in [1.54, 1.807) is 7.11 Å². The number of nitrogens with two attached hydrogens (primary N) is 1. The minimum absolute atomic E-state index is 0. The van der Waals surface area contributed by atoms with Crippen molar-refractivity contribution in [3.05, 3.63) is 35.4 Å². The molecular weight excluding hydrogens is 347 g/mol. The standard InChI is InChI=1S/C9H12NO.Bi.3H/c1-11-7-9-4-2-3-8(5-9)6-10;;;;/h2-3,5H,6-7,10H2,1H3;;;;. The van der Waals surface area contributed by atoms with E-state index in [-0.39, 0.29) is 26.2 Å². The van der Waals surface area contributed by atoms with Gasteiger partial charge >= 0.3 is 26.2 Å². The van der Waals surface area contributed by atoms with Crippen LogP contribution in [-0.2, 0) is 17.9 Å². The monoisotopic (exact) mass is 362 g/mol. The number of hydrogen-bond acceptors (Lipinski definition) is 2. The Morgan fingerprint density at radius 2 is 2.33 bits per heavy atom. The van der Waals surface area contributed by atoms with Crippen molar-refractivity contribution in [3.8, 4) is 0 Å². The summed E-state index contributed by atoms with van der Waals surface area (Å²) in [4.78, 5) is 0. The number of benzene rings is 1. The maximum atomic E-state index is 5.46.